The third-order valence-electron chi connectivity index (χ3n) is 5.96. The van der Waals surface area contributed by atoms with Crippen LogP contribution in [0.15, 0.2) is 46.2 Å². The number of nitrogens with zero attached hydrogens (tertiary/aromatic N) is 1. The first kappa shape index (κ1) is 29.2. The van der Waals surface area contributed by atoms with Gasteiger partial charge in [-0.3, -0.25) is 4.21 Å². The minimum atomic E-state index is -3.00. The van der Waals surface area contributed by atoms with Crippen LogP contribution in [0.3, 0.4) is 0 Å². The molecule has 3 unspecified atom stereocenters. The summed E-state index contributed by atoms with van der Waals surface area (Å²) >= 11 is 1.33. The van der Waals surface area contributed by atoms with Gasteiger partial charge >= 0.3 is 0 Å². The summed E-state index contributed by atoms with van der Waals surface area (Å²) in [5, 5.41) is -0.948. The minimum Gasteiger partial charge on any atom is -0.491 e. The summed E-state index contributed by atoms with van der Waals surface area (Å²) in [6.07, 6.45) is 1.05. The van der Waals surface area contributed by atoms with Gasteiger partial charge in [0.25, 0.3) is 0 Å². The molecule has 2 aromatic rings. The first-order chi connectivity index (χ1) is 16.7. The number of alkyl halides is 3. The highest BCUT2D eigenvalue weighted by Gasteiger charge is 2.38. The number of benzene rings is 2. The lowest BCUT2D eigenvalue weighted by atomic mass is 10.0. The molecule has 0 radical (unpaired) electrons. The third kappa shape index (κ3) is 6.92. The van der Waals surface area contributed by atoms with Crippen molar-refractivity contribution in [2.75, 3.05) is 24.3 Å². The molecule has 36 heavy (non-hydrogen) atoms. The van der Waals surface area contributed by atoms with Gasteiger partial charge in [0.05, 0.1) is 31.4 Å². The monoisotopic (exact) mass is 567 g/mol. The maximum atomic E-state index is 15.6. The van der Waals surface area contributed by atoms with Crippen LogP contribution < -0.4 is 9.64 Å². The molecule has 0 amide bonds. The Balaban J connectivity index is 2.09. The van der Waals surface area contributed by atoms with Crippen molar-refractivity contribution < 1.29 is 36.3 Å². The van der Waals surface area contributed by atoms with Crippen molar-refractivity contribution in [1.29, 1.82) is 0 Å². The second-order valence-electron chi connectivity index (χ2n) is 9.47. The quantitative estimate of drug-likeness (QED) is 0.202. The average molecular weight is 568 g/mol. The largest absolute Gasteiger partial charge is 0.491 e. The Hall–Kier alpha value is -1.39. The SMILES string of the molecule is CSc1cc2c(cc1OCC(C)(C)P(O)O)S(=O)C(F)C(CCC(C)(F)F)CN2c1ccc(F)cc1. The van der Waals surface area contributed by atoms with Gasteiger partial charge in [-0.1, -0.05) is 0 Å². The van der Waals surface area contributed by atoms with Crippen LogP contribution in [-0.2, 0) is 10.8 Å². The Labute approximate surface area is 216 Å². The smallest absolute Gasteiger partial charge is 0.245 e. The van der Waals surface area contributed by atoms with E-state index in [9.17, 15) is 27.2 Å². The first-order valence-electron chi connectivity index (χ1n) is 11.2. The zero-order valence-corrected chi connectivity index (χ0v) is 22.9. The fourth-order valence-electron chi connectivity index (χ4n) is 3.73. The van der Waals surface area contributed by atoms with Gasteiger partial charge < -0.3 is 19.4 Å². The molecule has 3 rings (SSSR count). The summed E-state index contributed by atoms with van der Waals surface area (Å²) in [7, 11) is -4.50. The molecule has 0 bridgehead atoms. The fourth-order valence-corrected chi connectivity index (χ4v) is 5.87. The second kappa shape index (κ2) is 11.6. The molecule has 1 aliphatic heterocycles. The van der Waals surface area contributed by atoms with Gasteiger partial charge in [-0.05, 0) is 69.8 Å². The van der Waals surface area contributed by atoms with Gasteiger partial charge in [0, 0.05) is 24.6 Å². The maximum absolute atomic E-state index is 15.6. The van der Waals surface area contributed by atoms with E-state index in [-0.39, 0.29) is 24.5 Å². The molecule has 0 saturated heterocycles. The van der Waals surface area contributed by atoms with Crippen LogP contribution in [0.25, 0.3) is 0 Å². The normalized spacial score (nSPS) is 20.9. The summed E-state index contributed by atoms with van der Waals surface area (Å²) in [5.74, 6) is -4.14. The summed E-state index contributed by atoms with van der Waals surface area (Å²) in [6.45, 7) is 3.94. The van der Waals surface area contributed by atoms with Gasteiger partial charge in [0.15, 0.2) is 13.9 Å². The Morgan fingerprint density at radius 1 is 1.19 bits per heavy atom. The molecule has 0 fully saturated rings. The molecule has 0 spiro atoms. The lowest BCUT2D eigenvalue weighted by Gasteiger charge is -2.29. The topological polar surface area (TPSA) is 70.0 Å². The van der Waals surface area contributed by atoms with E-state index in [0.29, 0.717) is 22.0 Å². The lowest BCUT2D eigenvalue weighted by Crippen LogP contribution is -2.30. The van der Waals surface area contributed by atoms with E-state index in [4.69, 9.17) is 4.74 Å². The van der Waals surface area contributed by atoms with Gasteiger partial charge in [-0.25, -0.2) is 17.6 Å². The molecule has 0 aromatic heterocycles. The molecule has 3 atom stereocenters. The van der Waals surface area contributed by atoms with Crippen molar-refractivity contribution in [3.63, 3.8) is 0 Å². The number of ether oxygens (including phenoxy) is 1. The predicted molar refractivity (Wildman–Crippen MR) is 137 cm³/mol. The van der Waals surface area contributed by atoms with Crippen molar-refractivity contribution in [2.24, 2.45) is 5.92 Å². The van der Waals surface area contributed by atoms with Crippen molar-refractivity contribution >= 4 is 42.3 Å². The number of thioether (sulfide) groups is 1. The molecule has 1 heterocycles. The van der Waals surface area contributed by atoms with Gasteiger partial charge in [0.1, 0.15) is 18.2 Å². The molecule has 2 N–H and O–H groups in total. The molecule has 0 aliphatic carbocycles. The lowest BCUT2D eigenvalue weighted by molar-refractivity contribution is 0.00539. The van der Waals surface area contributed by atoms with E-state index >= 15 is 4.39 Å². The van der Waals surface area contributed by atoms with E-state index in [1.165, 1.54) is 42.1 Å². The van der Waals surface area contributed by atoms with Crippen LogP contribution >= 0.6 is 20.1 Å². The van der Waals surface area contributed by atoms with Crippen LogP contribution in [0.2, 0.25) is 0 Å². The zero-order valence-electron chi connectivity index (χ0n) is 20.4. The number of hydrogen-bond donors (Lipinski definition) is 2. The summed E-state index contributed by atoms with van der Waals surface area (Å²) in [5.41, 5.74) is -0.996. The van der Waals surface area contributed by atoms with Crippen LogP contribution in [-0.4, -0.2) is 50.0 Å². The average Bonchev–Trinajstić information content (AvgIpc) is 2.90. The molecule has 1 aliphatic rings. The van der Waals surface area contributed by atoms with Gasteiger partial charge in [-0.2, -0.15) is 0 Å². The number of halogens is 4. The van der Waals surface area contributed by atoms with Gasteiger partial charge in [0.2, 0.25) is 5.92 Å². The van der Waals surface area contributed by atoms with E-state index in [1.54, 1.807) is 31.1 Å². The first-order valence-corrected chi connectivity index (χ1v) is 14.9. The second-order valence-corrected chi connectivity index (χ2v) is 13.6. The van der Waals surface area contributed by atoms with Crippen molar-refractivity contribution in [3.05, 3.63) is 42.2 Å². The molecule has 2 aromatic carbocycles. The van der Waals surface area contributed by atoms with Crippen LogP contribution in [0.5, 0.6) is 5.75 Å². The highest BCUT2D eigenvalue weighted by atomic mass is 32.2. The predicted octanol–water partition coefficient (Wildman–Crippen LogP) is 6.61. The van der Waals surface area contributed by atoms with E-state index in [1.807, 2.05) is 0 Å². The Morgan fingerprint density at radius 2 is 1.83 bits per heavy atom. The number of anilines is 2. The Morgan fingerprint density at radius 3 is 2.39 bits per heavy atom. The fraction of sp³-hybridized carbons (Fsp3) is 0.500. The van der Waals surface area contributed by atoms with Crippen molar-refractivity contribution in [2.45, 2.75) is 60.0 Å². The zero-order chi connectivity index (χ0) is 26.8. The molecule has 0 saturated carbocycles. The number of hydrogen-bond acceptors (Lipinski definition) is 6. The van der Waals surface area contributed by atoms with Gasteiger partial charge in [-0.15, -0.1) is 11.8 Å². The molecular formula is C24H30F4NO4PS2. The highest BCUT2D eigenvalue weighted by Crippen LogP contribution is 2.46. The van der Waals surface area contributed by atoms with Crippen LogP contribution in [0.4, 0.5) is 28.9 Å². The molecule has 5 nitrogen and oxygen atoms in total. The molecule has 200 valence electrons. The molecular weight excluding hydrogens is 537 g/mol. The number of fused-ring (bicyclic) bond motifs is 1. The summed E-state index contributed by atoms with van der Waals surface area (Å²) in [4.78, 5) is 21.7. The minimum absolute atomic E-state index is 0.0258. The Bertz CT molecular complexity index is 1080. The Kier molecular flexibility index (Phi) is 9.36. The van der Waals surface area contributed by atoms with Crippen LogP contribution in [0, 0.1) is 11.7 Å². The van der Waals surface area contributed by atoms with E-state index in [0.717, 1.165) is 6.92 Å². The highest BCUT2D eigenvalue weighted by molar-refractivity contribution is 7.98. The molecule has 12 heteroatoms. The number of rotatable bonds is 9. The van der Waals surface area contributed by atoms with Crippen molar-refractivity contribution in [1.82, 2.24) is 0 Å². The third-order valence-corrected chi connectivity index (χ3v) is 9.48. The summed E-state index contributed by atoms with van der Waals surface area (Å²) < 4.78 is 75.7. The van der Waals surface area contributed by atoms with E-state index in [2.05, 4.69) is 0 Å². The van der Waals surface area contributed by atoms with Crippen molar-refractivity contribution in [3.8, 4) is 5.75 Å². The summed E-state index contributed by atoms with van der Waals surface area (Å²) in [6, 6.07) is 8.65. The van der Waals surface area contributed by atoms with E-state index < -0.39 is 53.9 Å². The van der Waals surface area contributed by atoms with Crippen LogP contribution in [0.1, 0.15) is 33.6 Å². The standard InChI is InChI=1S/C24H30F4NO4PS2/c1-23(2,34(30)31)14-33-19-12-21-18(11-20(19)35-4)29(17-7-5-16(25)6-8-17)13-15(22(26)36(21)32)9-10-24(3,27)28/h5-8,11-12,15,22,30-31H,9-10,13-14H2,1-4H3. The maximum Gasteiger partial charge on any atom is 0.245 e.